The SMILES string of the molecule is CCCn1nc(NS(=O)(=O)c2ccccc2[N+](=O)[O-])c2cc3cccc(C)c3nc21. The number of nitrogens with one attached hydrogen (secondary N) is 1. The molecular weight excluding hydrogens is 406 g/mol. The highest BCUT2D eigenvalue weighted by Gasteiger charge is 2.27. The second-order valence-corrected chi connectivity index (χ2v) is 8.56. The van der Waals surface area contributed by atoms with Gasteiger partial charge in [0.25, 0.3) is 15.7 Å². The average molecular weight is 425 g/mol. The Balaban J connectivity index is 1.90. The van der Waals surface area contributed by atoms with Crippen LogP contribution in [0, 0.1) is 17.0 Å². The van der Waals surface area contributed by atoms with Gasteiger partial charge >= 0.3 is 0 Å². The normalized spacial score (nSPS) is 11.8. The minimum Gasteiger partial charge on any atom is -0.261 e. The first-order chi connectivity index (χ1) is 14.3. The Morgan fingerprint density at radius 1 is 1.17 bits per heavy atom. The average Bonchev–Trinajstić information content (AvgIpc) is 3.03. The van der Waals surface area contributed by atoms with Crippen LogP contribution >= 0.6 is 0 Å². The summed E-state index contributed by atoms with van der Waals surface area (Å²) >= 11 is 0. The third kappa shape index (κ3) is 3.35. The van der Waals surface area contributed by atoms with Gasteiger partial charge in [0.15, 0.2) is 16.4 Å². The summed E-state index contributed by atoms with van der Waals surface area (Å²) in [6.07, 6.45) is 0.778. The van der Waals surface area contributed by atoms with Crippen molar-refractivity contribution >= 4 is 43.5 Å². The largest absolute Gasteiger partial charge is 0.289 e. The molecule has 4 aromatic rings. The van der Waals surface area contributed by atoms with Crippen molar-refractivity contribution in [2.75, 3.05) is 4.72 Å². The number of nitrogens with zero attached hydrogens (tertiary/aromatic N) is 4. The zero-order valence-electron chi connectivity index (χ0n) is 16.4. The minimum absolute atomic E-state index is 0.0903. The molecule has 1 N–H and O–H groups in total. The molecule has 30 heavy (non-hydrogen) atoms. The number of nitro benzene ring substituents is 1. The van der Waals surface area contributed by atoms with Gasteiger partial charge in [-0.15, -0.1) is 0 Å². The van der Waals surface area contributed by atoms with Gasteiger partial charge in [0.05, 0.1) is 15.8 Å². The molecular formula is C20H19N5O4S. The van der Waals surface area contributed by atoms with Crippen LogP contribution in [0.15, 0.2) is 53.4 Å². The summed E-state index contributed by atoms with van der Waals surface area (Å²) < 4.78 is 30.0. The summed E-state index contributed by atoms with van der Waals surface area (Å²) in [5.74, 6) is 0.0903. The van der Waals surface area contributed by atoms with Crippen molar-refractivity contribution in [2.45, 2.75) is 31.7 Å². The molecule has 0 atom stereocenters. The first kappa shape index (κ1) is 19.8. The van der Waals surface area contributed by atoms with E-state index in [1.165, 1.54) is 18.2 Å². The number of anilines is 1. The van der Waals surface area contributed by atoms with E-state index in [9.17, 15) is 18.5 Å². The van der Waals surface area contributed by atoms with Gasteiger partial charge in [0.1, 0.15) is 0 Å². The number of aryl methyl sites for hydroxylation is 2. The number of pyridine rings is 1. The second kappa shape index (κ2) is 7.38. The van der Waals surface area contributed by atoms with Crippen molar-refractivity contribution in [3.8, 4) is 0 Å². The number of para-hydroxylation sites is 2. The van der Waals surface area contributed by atoms with E-state index in [0.29, 0.717) is 17.6 Å². The smallest absolute Gasteiger partial charge is 0.261 e. The highest BCUT2D eigenvalue weighted by atomic mass is 32.2. The molecule has 10 heteroatoms. The predicted molar refractivity (Wildman–Crippen MR) is 114 cm³/mol. The van der Waals surface area contributed by atoms with Gasteiger partial charge in [-0.3, -0.25) is 14.8 Å². The third-order valence-corrected chi connectivity index (χ3v) is 6.15. The van der Waals surface area contributed by atoms with E-state index in [1.807, 2.05) is 38.1 Å². The number of benzene rings is 2. The molecule has 2 aromatic carbocycles. The van der Waals surface area contributed by atoms with E-state index >= 15 is 0 Å². The summed E-state index contributed by atoms with van der Waals surface area (Å²) in [4.78, 5) is 14.9. The second-order valence-electron chi connectivity index (χ2n) is 6.91. The number of rotatable bonds is 6. The van der Waals surface area contributed by atoms with E-state index in [4.69, 9.17) is 4.98 Å². The molecule has 0 fully saturated rings. The van der Waals surface area contributed by atoms with Crippen LogP contribution in [-0.4, -0.2) is 28.1 Å². The molecule has 2 heterocycles. The van der Waals surface area contributed by atoms with Crippen LogP contribution in [-0.2, 0) is 16.6 Å². The number of fused-ring (bicyclic) bond motifs is 2. The molecule has 0 aliphatic rings. The maximum atomic E-state index is 13.0. The van der Waals surface area contributed by atoms with Crippen LogP contribution in [0.2, 0.25) is 0 Å². The number of hydrogen-bond acceptors (Lipinski definition) is 6. The lowest BCUT2D eigenvalue weighted by molar-refractivity contribution is -0.387. The highest BCUT2D eigenvalue weighted by molar-refractivity contribution is 7.92. The Labute approximate surface area is 172 Å². The van der Waals surface area contributed by atoms with E-state index < -0.39 is 25.5 Å². The maximum Gasteiger partial charge on any atom is 0.289 e. The van der Waals surface area contributed by atoms with Crippen molar-refractivity contribution in [1.82, 2.24) is 14.8 Å². The molecule has 0 aliphatic heterocycles. The molecule has 0 saturated heterocycles. The highest BCUT2D eigenvalue weighted by Crippen LogP contribution is 2.30. The van der Waals surface area contributed by atoms with E-state index in [0.717, 1.165) is 29.0 Å². The summed E-state index contributed by atoms with van der Waals surface area (Å²) in [5, 5.41) is 17.1. The summed E-state index contributed by atoms with van der Waals surface area (Å²) in [6, 6.07) is 12.8. The summed E-state index contributed by atoms with van der Waals surface area (Å²) in [5.41, 5.74) is 1.87. The Bertz CT molecular complexity index is 1400. The lowest BCUT2D eigenvalue weighted by Crippen LogP contribution is -2.15. The third-order valence-electron chi connectivity index (χ3n) is 4.77. The number of nitro groups is 1. The molecule has 9 nitrogen and oxygen atoms in total. The van der Waals surface area contributed by atoms with Crippen LogP contribution in [0.3, 0.4) is 0 Å². The van der Waals surface area contributed by atoms with Crippen molar-refractivity contribution in [2.24, 2.45) is 0 Å². The monoisotopic (exact) mass is 425 g/mol. The molecule has 4 rings (SSSR count). The number of hydrogen-bond donors (Lipinski definition) is 1. The number of aromatic nitrogens is 3. The van der Waals surface area contributed by atoms with Gasteiger partial charge in [0, 0.05) is 18.0 Å². The van der Waals surface area contributed by atoms with E-state index in [2.05, 4.69) is 9.82 Å². The molecule has 0 bridgehead atoms. The zero-order chi connectivity index (χ0) is 21.5. The van der Waals surface area contributed by atoms with Gasteiger partial charge in [-0.05, 0) is 31.0 Å². The fourth-order valence-corrected chi connectivity index (χ4v) is 4.58. The fraction of sp³-hybridized carbons (Fsp3) is 0.200. The molecule has 0 unspecified atom stereocenters. The van der Waals surface area contributed by atoms with Crippen LogP contribution in [0.5, 0.6) is 0 Å². The first-order valence-electron chi connectivity index (χ1n) is 9.35. The number of sulfonamides is 1. The molecule has 0 spiro atoms. The molecule has 0 amide bonds. The van der Waals surface area contributed by atoms with Crippen molar-refractivity contribution in [3.63, 3.8) is 0 Å². The van der Waals surface area contributed by atoms with Crippen LogP contribution in [0.25, 0.3) is 21.9 Å². The van der Waals surface area contributed by atoms with Crippen LogP contribution in [0.1, 0.15) is 18.9 Å². The maximum absolute atomic E-state index is 13.0. The van der Waals surface area contributed by atoms with Gasteiger partial charge in [-0.2, -0.15) is 5.10 Å². The standard InChI is InChI=1S/C20H19N5O4S/c1-3-11-24-20-15(12-14-8-6-7-13(2)18(14)21-20)19(22-24)23-30(28,29)17-10-5-4-9-16(17)25(26)27/h4-10,12H,3,11H2,1-2H3,(H,22,23). The van der Waals surface area contributed by atoms with Gasteiger partial charge in [-0.1, -0.05) is 37.3 Å². The summed E-state index contributed by atoms with van der Waals surface area (Å²) in [7, 11) is -4.24. The lowest BCUT2D eigenvalue weighted by Gasteiger charge is -2.07. The Morgan fingerprint density at radius 2 is 1.93 bits per heavy atom. The van der Waals surface area contributed by atoms with Crippen LogP contribution < -0.4 is 4.72 Å². The minimum atomic E-state index is -4.24. The van der Waals surface area contributed by atoms with Gasteiger partial charge in [-0.25, -0.2) is 18.1 Å². The van der Waals surface area contributed by atoms with Crippen LogP contribution in [0.4, 0.5) is 11.5 Å². The first-order valence-corrected chi connectivity index (χ1v) is 10.8. The van der Waals surface area contributed by atoms with Crippen molar-refractivity contribution < 1.29 is 13.3 Å². The van der Waals surface area contributed by atoms with Crippen molar-refractivity contribution in [3.05, 3.63) is 64.2 Å². The Kier molecular flexibility index (Phi) is 4.86. The zero-order valence-corrected chi connectivity index (χ0v) is 17.2. The van der Waals surface area contributed by atoms with E-state index in [1.54, 1.807) is 4.68 Å². The Morgan fingerprint density at radius 3 is 2.67 bits per heavy atom. The lowest BCUT2D eigenvalue weighted by atomic mass is 10.1. The fourth-order valence-electron chi connectivity index (χ4n) is 3.39. The van der Waals surface area contributed by atoms with Gasteiger partial charge in [0.2, 0.25) is 0 Å². The molecule has 154 valence electrons. The molecule has 0 aliphatic carbocycles. The Hall–Kier alpha value is -3.53. The summed E-state index contributed by atoms with van der Waals surface area (Å²) in [6.45, 7) is 4.49. The molecule has 0 radical (unpaired) electrons. The van der Waals surface area contributed by atoms with Crippen molar-refractivity contribution in [1.29, 1.82) is 0 Å². The van der Waals surface area contributed by atoms with Gasteiger partial charge < -0.3 is 0 Å². The molecule has 0 saturated carbocycles. The quantitative estimate of drug-likeness (QED) is 0.368. The topological polar surface area (TPSA) is 120 Å². The predicted octanol–water partition coefficient (Wildman–Crippen LogP) is 4.01. The van der Waals surface area contributed by atoms with E-state index in [-0.39, 0.29) is 5.82 Å². The molecule has 2 aromatic heterocycles.